The number of carbonyl (C=O) groups excluding carboxylic acids is 1. The van der Waals surface area contributed by atoms with E-state index in [2.05, 4.69) is 10.5 Å². The maximum absolute atomic E-state index is 13.0. The second-order valence-electron chi connectivity index (χ2n) is 7.67. The number of nitrogens with zero attached hydrogens (tertiary/aromatic N) is 3. The number of alkyl halides is 1. The third kappa shape index (κ3) is 4.01. The van der Waals surface area contributed by atoms with E-state index in [9.17, 15) is 18.8 Å². The number of aromatic nitrogens is 2. The first-order valence-electron chi connectivity index (χ1n) is 9.00. The van der Waals surface area contributed by atoms with Crippen molar-refractivity contribution >= 4 is 33.9 Å². The van der Waals surface area contributed by atoms with Crippen LogP contribution in [0.4, 0.5) is 9.18 Å². The van der Waals surface area contributed by atoms with Crippen molar-refractivity contribution < 1.29 is 13.9 Å². The molecule has 1 aliphatic carbocycles. The number of hydrogen-bond acceptors (Lipinski definition) is 6. The molecule has 2 heterocycles. The molecule has 0 saturated heterocycles. The zero-order valence-corrected chi connectivity index (χ0v) is 17.1. The van der Waals surface area contributed by atoms with E-state index < -0.39 is 24.1 Å². The fourth-order valence-electron chi connectivity index (χ4n) is 2.89. The number of hydrazone groups is 1. The summed E-state index contributed by atoms with van der Waals surface area (Å²) in [5.74, 6) is 0. The van der Waals surface area contributed by atoms with Crippen LogP contribution in [0, 0.1) is 6.92 Å². The van der Waals surface area contributed by atoms with Crippen molar-refractivity contribution in [2.45, 2.75) is 58.7 Å². The lowest BCUT2D eigenvalue weighted by molar-refractivity contribution is 0.0529. The molecule has 1 amide bonds. The smallest absolute Gasteiger partial charge is 0.428 e. The van der Waals surface area contributed by atoms with Gasteiger partial charge in [0, 0.05) is 6.04 Å². The largest absolute Gasteiger partial charge is 0.443 e. The van der Waals surface area contributed by atoms with Crippen LogP contribution in [0.1, 0.15) is 50.1 Å². The summed E-state index contributed by atoms with van der Waals surface area (Å²) in [6, 6.07) is -0.111. The average molecular weight is 410 g/mol. The van der Waals surface area contributed by atoms with Gasteiger partial charge in [-0.05, 0) is 46.1 Å². The molecule has 0 bridgehead atoms. The lowest BCUT2D eigenvalue weighted by atomic mass is 10.2. The van der Waals surface area contributed by atoms with Crippen LogP contribution < -0.4 is 16.7 Å². The van der Waals surface area contributed by atoms with Crippen LogP contribution in [0.5, 0.6) is 0 Å². The van der Waals surface area contributed by atoms with Crippen molar-refractivity contribution in [2.24, 2.45) is 5.10 Å². The van der Waals surface area contributed by atoms with Crippen molar-refractivity contribution in [3.8, 4) is 0 Å². The van der Waals surface area contributed by atoms with Gasteiger partial charge in [-0.1, -0.05) is 0 Å². The Balaban J connectivity index is 2.00. The standard InChI is InChI=1S/C18H23FN4O4S/c1-10-12(9-20-21-16(25)27-18(2,3)4)28-15-13(10)14(24)23(11-5-6-11)17(26)22(15)8-7-19/h9,11H,5-8H2,1-4H3,(H,21,25). The van der Waals surface area contributed by atoms with Gasteiger partial charge in [0.1, 0.15) is 17.1 Å². The molecule has 1 aliphatic rings. The first-order valence-corrected chi connectivity index (χ1v) is 9.82. The maximum atomic E-state index is 13.0. The van der Waals surface area contributed by atoms with E-state index in [0.717, 1.165) is 12.8 Å². The predicted molar refractivity (Wildman–Crippen MR) is 106 cm³/mol. The quantitative estimate of drug-likeness (QED) is 0.606. The van der Waals surface area contributed by atoms with Crippen molar-refractivity contribution in [3.63, 3.8) is 0 Å². The second-order valence-corrected chi connectivity index (χ2v) is 8.70. The van der Waals surface area contributed by atoms with Crippen LogP contribution in [0.3, 0.4) is 0 Å². The lowest BCUT2D eigenvalue weighted by Gasteiger charge is -2.18. The summed E-state index contributed by atoms with van der Waals surface area (Å²) in [4.78, 5) is 38.3. The lowest BCUT2D eigenvalue weighted by Crippen LogP contribution is -2.39. The molecule has 0 unspecified atom stereocenters. The summed E-state index contributed by atoms with van der Waals surface area (Å²) in [7, 11) is 0. The molecule has 1 saturated carbocycles. The Kier molecular flexibility index (Phi) is 5.42. The van der Waals surface area contributed by atoms with Crippen molar-refractivity contribution in [3.05, 3.63) is 31.3 Å². The van der Waals surface area contributed by atoms with Crippen LogP contribution >= 0.6 is 11.3 Å². The minimum Gasteiger partial charge on any atom is -0.443 e. The summed E-state index contributed by atoms with van der Waals surface area (Å²) in [6.07, 6.45) is 2.24. The number of halogens is 1. The van der Waals surface area contributed by atoms with Gasteiger partial charge in [-0.2, -0.15) is 5.10 Å². The Morgan fingerprint density at radius 1 is 1.39 bits per heavy atom. The Morgan fingerprint density at radius 2 is 2.07 bits per heavy atom. The summed E-state index contributed by atoms with van der Waals surface area (Å²) in [5, 5.41) is 4.26. The minimum atomic E-state index is -0.710. The average Bonchev–Trinajstić information content (AvgIpc) is 3.35. The van der Waals surface area contributed by atoms with Crippen molar-refractivity contribution in [1.82, 2.24) is 14.6 Å². The van der Waals surface area contributed by atoms with Gasteiger partial charge < -0.3 is 4.74 Å². The van der Waals surface area contributed by atoms with E-state index in [1.165, 1.54) is 26.7 Å². The van der Waals surface area contributed by atoms with E-state index in [1.807, 2.05) is 0 Å². The van der Waals surface area contributed by atoms with Gasteiger partial charge in [0.05, 0.1) is 23.0 Å². The molecule has 2 aromatic heterocycles. The Bertz CT molecular complexity index is 1060. The predicted octanol–water partition coefficient (Wildman–Crippen LogP) is 2.70. The highest BCUT2D eigenvalue weighted by Gasteiger charge is 2.30. The number of thiophene rings is 1. The highest BCUT2D eigenvalue weighted by atomic mass is 32.1. The summed E-state index contributed by atoms with van der Waals surface area (Å²) >= 11 is 1.17. The molecular weight excluding hydrogens is 387 g/mol. The van der Waals surface area contributed by atoms with Crippen LogP contribution in [0.15, 0.2) is 14.7 Å². The van der Waals surface area contributed by atoms with Gasteiger partial charge in [-0.15, -0.1) is 11.3 Å². The maximum Gasteiger partial charge on any atom is 0.428 e. The number of ether oxygens (including phenoxy) is 1. The first-order chi connectivity index (χ1) is 13.1. The first kappa shape index (κ1) is 20.2. The van der Waals surface area contributed by atoms with Crippen LogP contribution in [0.2, 0.25) is 0 Å². The van der Waals surface area contributed by atoms with Gasteiger partial charge in [0.15, 0.2) is 0 Å². The van der Waals surface area contributed by atoms with Crippen LogP contribution in [-0.4, -0.2) is 33.7 Å². The van der Waals surface area contributed by atoms with E-state index in [0.29, 0.717) is 20.7 Å². The monoisotopic (exact) mass is 410 g/mol. The number of amides is 1. The number of carbonyl (C=O) groups is 1. The molecule has 0 radical (unpaired) electrons. The molecule has 2 aromatic rings. The van der Waals surface area contributed by atoms with E-state index in [-0.39, 0.29) is 18.1 Å². The molecule has 1 fully saturated rings. The molecule has 8 nitrogen and oxygen atoms in total. The number of nitrogens with one attached hydrogen (secondary N) is 1. The molecule has 0 aromatic carbocycles. The Morgan fingerprint density at radius 3 is 2.64 bits per heavy atom. The number of hydrogen-bond donors (Lipinski definition) is 1. The molecule has 0 atom stereocenters. The molecule has 1 N–H and O–H groups in total. The molecular formula is C18H23FN4O4S. The normalized spacial score (nSPS) is 14.8. The third-order valence-corrected chi connectivity index (χ3v) is 5.49. The van der Waals surface area contributed by atoms with Crippen molar-refractivity contribution in [2.75, 3.05) is 6.67 Å². The van der Waals surface area contributed by atoms with Gasteiger partial charge in [0.25, 0.3) is 5.56 Å². The van der Waals surface area contributed by atoms with E-state index in [1.54, 1.807) is 27.7 Å². The molecule has 10 heteroatoms. The summed E-state index contributed by atoms with van der Waals surface area (Å²) < 4.78 is 20.7. The van der Waals surface area contributed by atoms with Gasteiger partial charge in [0.2, 0.25) is 0 Å². The highest BCUT2D eigenvalue weighted by molar-refractivity contribution is 7.20. The topological polar surface area (TPSA) is 94.7 Å². The number of fused-ring (bicyclic) bond motifs is 1. The Hall–Kier alpha value is -2.49. The summed E-state index contributed by atoms with van der Waals surface area (Å²) in [5.41, 5.74) is 1.43. The molecule has 0 spiro atoms. The van der Waals surface area contributed by atoms with Crippen LogP contribution in [-0.2, 0) is 11.3 Å². The number of rotatable bonds is 5. The third-order valence-electron chi connectivity index (χ3n) is 4.24. The van der Waals surface area contributed by atoms with Gasteiger partial charge in [-0.25, -0.2) is 19.4 Å². The molecule has 152 valence electrons. The Labute approximate surface area is 164 Å². The van der Waals surface area contributed by atoms with Crippen molar-refractivity contribution in [1.29, 1.82) is 0 Å². The molecule has 28 heavy (non-hydrogen) atoms. The highest BCUT2D eigenvalue weighted by Crippen LogP contribution is 2.34. The second kappa shape index (κ2) is 7.50. The van der Waals surface area contributed by atoms with E-state index in [4.69, 9.17) is 4.74 Å². The fourth-order valence-corrected chi connectivity index (χ4v) is 4.08. The number of aryl methyl sites for hydroxylation is 2. The van der Waals surface area contributed by atoms with Gasteiger partial charge >= 0.3 is 11.8 Å². The minimum absolute atomic E-state index is 0.111. The van der Waals surface area contributed by atoms with Gasteiger partial charge in [-0.3, -0.25) is 13.9 Å². The molecule has 3 rings (SSSR count). The SMILES string of the molecule is Cc1c(C=NNC(=O)OC(C)(C)C)sc2c1c(=O)n(C1CC1)c(=O)n2CCF. The zero-order valence-electron chi connectivity index (χ0n) is 16.2. The van der Waals surface area contributed by atoms with E-state index >= 15 is 0 Å². The molecule has 0 aliphatic heterocycles. The van der Waals surface area contributed by atoms with Crippen LogP contribution in [0.25, 0.3) is 10.2 Å². The summed E-state index contributed by atoms with van der Waals surface area (Å²) in [6.45, 7) is 6.13. The fraction of sp³-hybridized carbons (Fsp3) is 0.556. The zero-order chi connectivity index (χ0) is 20.6.